The second-order valence-electron chi connectivity index (χ2n) is 9.22. The molecule has 3 rings (SSSR count). The lowest BCUT2D eigenvalue weighted by atomic mass is 10.0. The second kappa shape index (κ2) is 9.57. The number of nitrogens with zero attached hydrogens (tertiary/aromatic N) is 1. The lowest BCUT2D eigenvalue weighted by molar-refractivity contribution is -0.161. The topological polar surface area (TPSA) is 68.5 Å². The highest BCUT2D eigenvalue weighted by Gasteiger charge is 2.33. The van der Waals surface area contributed by atoms with E-state index in [-0.39, 0.29) is 5.43 Å². The first kappa shape index (κ1) is 24.8. The molecule has 0 saturated heterocycles. The van der Waals surface area contributed by atoms with Crippen LogP contribution in [0.2, 0.25) is 0 Å². The highest BCUT2D eigenvalue weighted by atomic mass is 32.2. The van der Waals surface area contributed by atoms with Crippen LogP contribution < -0.4 is 5.43 Å². The van der Waals surface area contributed by atoms with Crippen LogP contribution in [0.5, 0.6) is 0 Å². The van der Waals surface area contributed by atoms with Gasteiger partial charge in [-0.1, -0.05) is 36.0 Å². The Labute approximate surface area is 199 Å². The maximum Gasteiger partial charge on any atom is 0.339 e. The highest BCUT2D eigenvalue weighted by Crippen LogP contribution is 2.35. The van der Waals surface area contributed by atoms with Crippen molar-refractivity contribution in [1.29, 1.82) is 0 Å². The third kappa shape index (κ3) is 5.40. The molecule has 1 heterocycles. The molecule has 2 aromatic carbocycles. The molecule has 0 fully saturated rings. The van der Waals surface area contributed by atoms with E-state index in [1.165, 1.54) is 11.8 Å². The minimum atomic E-state index is -1.30. The fourth-order valence-corrected chi connectivity index (χ4v) is 4.73. The zero-order valence-electron chi connectivity index (χ0n) is 20.2. The minimum Gasteiger partial charge on any atom is -0.479 e. The van der Waals surface area contributed by atoms with Crippen molar-refractivity contribution >= 4 is 17.7 Å². The Hall–Kier alpha value is -2.83. The molecule has 1 aromatic heterocycles. The molecule has 0 aliphatic carbocycles. The van der Waals surface area contributed by atoms with Gasteiger partial charge < -0.3 is 14.4 Å². The van der Waals surface area contributed by atoms with Crippen LogP contribution in [0.4, 0.5) is 0 Å². The van der Waals surface area contributed by atoms with Gasteiger partial charge in [0.05, 0.1) is 16.2 Å². The summed E-state index contributed by atoms with van der Waals surface area (Å²) in [4.78, 5) is 27.4. The number of pyridine rings is 1. The molecule has 0 bridgehead atoms. The molecule has 0 amide bonds. The molecule has 6 heteroatoms. The van der Waals surface area contributed by atoms with E-state index in [1.807, 2.05) is 94.6 Å². The van der Waals surface area contributed by atoms with Crippen molar-refractivity contribution < 1.29 is 14.6 Å². The average Bonchev–Trinajstić information content (AvgIpc) is 2.74. The fourth-order valence-electron chi connectivity index (χ4n) is 3.72. The van der Waals surface area contributed by atoms with Crippen LogP contribution >= 0.6 is 11.8 Å². The predicted octanol–water partition coefficient (Wildman–Crippen LogP) is 6.16. The number of aryl methyl sites for hydroxylation is 2. The molecule has 1 unspecified atom stereocenters. The summed E-state index contributed by atoms with van der Waals surface area (Å²) in [5.74, 6) is -1.13. The predicted molar refractivity (Wildman–Crippen MR) is 133 cm³/mol. The van der Waals surface area contributed by atoms with Gasteiger partial charge in [-0.15, -0.1) is 0 Å². The van der Waals surface area contributed by atoms with Gasteiger partial charge in [0.2, 0.25) is 0 Å². The Kier molecular flexibility index (Phi) is 7.20. The maximum absolute atomic E-state index is 13.5. The number of hydrogen-bond acceptors (Lipinski definition) is 4. The van der Waals surface area contributed by atoms with Crippen LogP contribution in [0.3, 0.4) is 0 Å². The van der Waals surface area contributed by atoms with Gasteiger partial charge in [-0.3, -0.25) is 4.79 Å². The van der Waals surface area contributed by atoms with Crippen molar-refractivity contribution in [1.82, 2.24) is 4.57 Å². The minimum absolute atomic E-state index is 0.180. The quantitative estimate of drug-likeness (QED) is 0.472. The smallest absolute Gasteiger partial charge is 0.339 e. The number of carbonyl (C=O) groups is 1. The van der Waals surface area contributed by atoms with Crippen LogP contribution in [0.25, 0.3) is 5.69 Å². The van der Waals surface area contributed by atoms with Crippen molar-refractivity contribution in [3.05, 3.63) is 86.8 Å². The monoisotopic (exact) mass is 465 g/mol. The van der Waals surface area contributed by atoms with E-state index in [2.05, 4.69) is 0 Å². The molecule has 0 radical (unpaired) electrons. The van der Waals surface area contributed by atoms with E-state index < -0.39 is 17.7 Å². The van der Waals surface area contributed by atoms with Crippen molar-refractivity contribution in [3.63, 3.8) is 0 Å². The number of rotatable bonds is 6. The molecule has 5 nitrogen and oxygen atoms in total. The standard InChI is InChI=1S/C27H31NO4S/c1-16-13-14-20(15-17(16)2)28-19(4)25(33-21-11-9-8-10-12-21)23(29)18(3)22(28)24(26(30)31)32-27(5,6)7/h8-15,24H,1-7H3,(H,30,31). The van der Waals surface area contributed by atoms with Gasteiger partial charge in [0.15, 0.2) is 11.5 Å². The number of aromatic nitrogens is 1. The van der Waals surface area contributed by atoms with E-state index in [0.717, 1.165) is 21.7 Å². The van der Waals surface area contributed by atoms with E-state index in [4.69, 9.17) is 4.74 Å². The highest BCUT2D eigenvalue weighted by molar-refractivity contribution is 7.99. The van der Waals surface area contributed by atoms with Gasteiger partial charge in [-0.25, -0.2) is 4.79 Å². The summed E-state index contributed by atoms with van der Waals surface area (Å²) in [5.41, 5.74) is 3.51. The molecular formula is C27H31NO4S. The van der Waals surface area contributed by atoms with Gasteiger partial charge in [0.25, 0.3) is 0 Å². The van der Waals surface area contributed by atoms with Gasteiger partial charge in [-0.2, -0.15) is 0 Å². The first-order chi connectivity index (χ1) is 15.4. The summed E-state index contributed by atoms with van der Waals surface area (Å²) in [7, 11) is 0. The van der Waals surface area contributed by atoms with Crippen LogP contribution in [0.1, 0.15) is 55.0 Å². The lowest BCUT2D eigenvalue weighted by Gasteiger charge is -2.30. The molecule has 0 aliphatic heterocycles. The Balaban J connectivity index is 2.37. The van der Waals surface area contributed by atoms with Crippen molar-refractivity contribution in [2.45, 2.75) is 70.0 Å². The molecule has 3 aromatic rings. The van der Waals surface area contributed by atoms with Crippen LogP contribution in [-0.4, -0.2) is 21.2 Å². The molecule has 0 aliphatic rings. The van der Waals surface area contributed by atoms with Crippen molar-refractivity contribution in [2.24, 2.45) is 0 Å². The van der Waals surface area contributed by atoms with E-state index >= 15 is 0 Å². The molecule has 1 atom stereocenters. The van der Waals surface area contributed by atoms with Crippen LogP contribution in [-0.2, 0) is 9.53 Å². The summed E-state index contributed by atoms with van der Waals surface area (Å²) in [6.45, 7) is 13.0. The molecule has 0 saturated carbocycles. The summed E-state index contributed by atoms with van der Waals surface area (Å²) in [6, 6.07) is 15.7. The molecule has 1 N–H and O–H groups in total. The normalized spacial score (nSPS) is 12.6. The molecular weight excluding hydrogens is 434 g/mol. The zero-order valence-corrected chi connectivity index (χ0v) is 21.0. The van der Waals surface area contributed by atoms with Crippen LogP contribution in [0.15, 0.2) is 63.1 Å². The van der Waals surface area contributed by atoms with E-state index in [0.29, 0.717) is 21.8 Å². The fraction of sp³-hybridized carbons (Fsp3) is 0.333. The summed E-state index contributed by atoms with van der Waals surface area (Å²) in [6.07, 6.45) is -1.30. The average molecular weight is 466 g/mol. The summed E-state index contributed by atoms with van der Waals surface area (Å²) in [5, 5.41) is 10.1. The van der Waals surface area contributed by atoms with Crippen LogP contribution in [0, 0.1) is 27.7 Å². The number of hydrogen-bond donors (Lipinski definition) is 1. The number of aliphatic carboxylic acids is 1. The van der Waals surface area contributed by atoms with Gasteiger partial charge >= 0.3 is 5.97 Å². The molecule has 33 heavy (non-hydrogen) atoms. The Bertz CT molecular complexity index is 1240. The largest absolute Gasteiger partial charge is 0.479 e. The summed E-state index contributed by atoms with van der Waals surface area (Å²) >= 11 is 1.39. The first-order valence-electron chi connectivity index (χ1n) is 10.9. The van der Waals surface area contributed by atoms with E-state index in [1.54, 1.807) is 6.92 Å². The number of ether oxygens (including phenoxy) is 1. The van der Waals surface area contributed by atoms with Crippen molar-refractivity contribution in [2.75, 3.05) is 0 Å². The second-order valence-corrected chi connectivity index (χ2v) is 10.3. The Morgan fingerprint density at radius 1 is 1.00 bits per heavy atom. The third-order valence-electron chi connectivity index (χ3n) is 5.49. The summed E-state index contributed by atoms with van der Waals surface area (Å²) < 4.78 is 7.86. The number of carboxylic acid groups (broad SMARTS) is 1. The zero-order chi connectivity index (χ0) is 24.5. The van der Waals surface area contributed by atoms with Gasteiger partial charge in [0.1, 0.15) is 0 Å². The van der Waals surface area contributed by atoms with Gasteiger partial charge in [0, 0.05) is 21.8 Å². The number of carboxylic acids is 1. The maximum atomic E-state index is 13.5. The SMILES string of the molecule is Cc1ccc(-n2c(C)c(Sc3ccccc3)c(=O)c(C)c2C(OC(C)(C)C)C(=O)O)cc1C. The molecule has 174 valence electrons. The molecule has 0 spiro atoms. The number of benzene rings is 2. The Morgan fingerprint density at radius 3 is 2.18 bits per heavy atom. The lowest BCUT2D eigenvalue weighted by Crippen LogP contribution is -2.32. The third-order valence-corrected chi connectivity index (χ3v) is 6.68. The first-order valence-corrected chi connectivity index (χ1v) is 11.7. The van der Waals surface area contributed by atoms with Gasteiger partial charge in [-0.05, 0) is 83.9 Å². The van der Waals surface area contributed by atoms with E-state index in [9.17, 15) is 14.7 Å². The van der Waals surface area contributed by atoms with Crippen molar-refractivity contribution in [3.8, 4) is 5.69 Å². The Morgan fingerprint density at radius 2 is 1.64 bits per heavy atom.